The minimum atomic E-state index is -1.05. The van der Waals surface area contributed by atoms with Crippen molar-refractivity contribution in [1.82, 2.24) is 0 Å². The number of unbranched alkanes of at least 4 members (excludes halogenated alkanes) is 1. The number of carbonyl (C=O) groups excluding carboxylic acids is 3. The lowest BCUT2D eigenvalue weighted by Crippen LogP contribution is -2.32. The summed E-state index contributed by atoms with van der Waals surface area (Å²) in [6.45, 7) is 2.34. The number of rotatable bonds is 4. The average molecular weight is 208 g/mol. The van der Waals surface area contributed by atoms with Gasteiger partial charge < -0.3 is 4.74 Å². The zero-order chi connectivity index (χ0) is 11.3. The van der Waals surface area contributed by atoms with Crippen LogP contribution in [0.4, 0.5) is 0 Å². The Hall–Kier alpha value is -1.51. The highest BCUT2D eigenvalue weighted by Crippen LogP contribution is 2.14. The second-order valence-electron chi connectivity index (χ2n) is 3.22. The molecule has 0 spiro atoms. The number of carbonyl (C=O) groups is 2. The quantitative estimate of drug-likeness (QED) is 0.386. The van der Waals surface area contributed by atoms with Crippen LogP contribution in [0.3, 0.4) is 0 Å². The molecule has 80 valence electrons. The summed E-state index contributed by atoms with van der Waals surface area (Å²) in [5, 5.41) is 0. The molecule has 0 bridgehead atoms. The largest absolute Gasteiger partial charge is 0.364 e. The van der Waals surface area contributed by atoms with Gasteiger partial charge in [0.1, 0.15) is 11.5 Å². The standard InChI is InChI=1S/C11H12O4/c1-2-3-6-15-11-8(7-12)9(13)4-5-10(11)14/h4-5,11H,2-3,6H2,1H3. The molecule has 0 heterocycles. The van der Waals surface area contributed by atoms with E-state index in [1.54, 1.807) is 0 Å². The second-order valence-corrected chi connectivity index (χ2v) is 3.22. The van der Waals surface area contributed by atoms with Crippen LogP contribution in [-0.4, -0.2) is 30.2 Å². The fourth-order valence-electron chi connectivity index (χ4n) is 1.22. The molecule has 1 atom stereocenters. The third-order valence-corrected chi connectivity index (χ3v) is 2.08. The van der Waals surface area contributed by atoms with E-state index in [9.17, 15) is 14.4 Å². The summed E-state index contributed by atoms with van der Waals surface area (Å²) in [7, 11) is 0. The number of ether oxygens (including phenoxy) is 1. The lowest BCUT2D eigenvalue weighted by atomic mass is 9.97. The molecule has 1 aliphatic rings. The number of allylic oxidation sites excluding steroid dienone is 1. The molecule has 0 amide bonds. The fraction of sp³-hybridized carbons (Fsp3) is 0.455. The molecule has 4 nitrogen and oxygen atoms in total. The Kier molecular flexibility index (Phi) is 4.16. The van der Waals surface area contributed by atoms with Crippen LogP contribution in [-0.2, 0) is 19.1 Å². The van der Waals surface area contributed by atoms with Gasteiger partial charge in [-0.15, -0.1) is 0 Å². The molecule has 1 rings (SSSR count). The lowest BCUT2D eigenvalue weighted by molar-refractivity contribution is -0.127. The van der Waals surface area contributed by atoms with Crippen LogP contribution in [0, 0.1) is 0 Å². The van der Waals surface area contributed by atoms with Crippen molar-refractivity contribution >= 4 is 17.5 Å². The lowest BCUT2D eigenvalue weighted by Gasteiger charge is -2.16. The SMILES string of the molecule is CCCCOC1C(=O)C=CC(=O)C1=C=O. The van der Waals surface area contributed by atoms with Gasteiger partial charge in [0.2, 0.25) is 0 Å². The van der Waals surface area contributed by atoms with Crippen LogP contribution < -0.4 is 0 Å². The molecule has 1 unspecified atom stereocenters. The van der Waals surface area contributed by atoms with E-state index in [-0.39, 0.29) is 11.4 Å². The molecular formula is C11H12O4. The van der Waals surface area contributed by atoms with Crippen LogP contribution in [0.2, 0.25) is 0 Å². The average Bonchev–Trinajstić information content (AvgIpc) is 2.23. The van der Waals surface area contributed by atoms with Gasteiger partial charge in [-0.3, -0.25) is 9.59 Å². The Bertz CT molecular complexity index is 348. The third-order valence-electron chi connectivity index (χ3n) is 2.08. The van der Waals surface area contributed by atoms with Crippen molar-refractivity contribution in [2.24, 2.45) is 0 Å². The molecule has 0 saturated heterocycles. The minimum Gasteiger partial charge on any atom is -0.364 e. The van der Waals surface area contributed by atoms with Gasteiger partial charge in [-0.1, -0.05) is 13.3 Å². The van der Waals surface area contributed by atoms with E-state index < -0.39 is 11.9 Å². The summed E-state index contributed by atoms with van der Waals surface area (Å²) in [6.07, 6.45) is 2.87. The van der Waals surface area contributed by atoms with E-state index >= 15 is 0 Å². The predicted molar refractivity (Wildman–Crippen MR) is 53.0 cm³/mol. The van der Waals surface area contributed by atoms with Crippen molar-refractivity contribution in [2.75, 3.05) is 6.61 Å². The molecule has 0 aliphatic heterocycles. The molecule has 0 fully saturated rings. The van der Waals surface area contributed by atoms with E-state index in [0.717, 1.165) is 25.0 Å². The summed E-state index contributed by atoms with van der Waals surface area (Å²) in [6, 6.07) is 0. The molecule has 0 N–H and O–H groups in total. The van der Waals surface area contributed by atoms with Crippen molar-refractivity contribution in [3.8, 4) is 0 Å². The number of hydrogen-bond donors (Lipinski definition) is 0. The minimum absolute atomic E-state index is 0.224. The first-order chi connectivity index (χ1) is 7.20. The summed E-state index contributed by atoms with van der Waals surface area (Å²) in [4.78, 5) is 33.0. The van der Waals surface area contributed by atoms with Gasteiger partial charge in [-0.2, -0.15) is 0 Å². The molecule has 1 aliphatic carbocycles. The van der Waals surface area contributed by atoms with Crippen molar-refractivity contribution in [2.45, 2.75) is 25.9 Å². The van der Waals surface area contributed by atoms with Gasteiger partial charge in [0, 0.05) is 6.61 Å². The summed E-state index contributed by atoms with van der Waals surface area (Å²) in [5.41, 5.74) is -0.224. The van der Waals surface area contributed by atoms with E-state index in [4.69, 9.17) is 4.74 Å². The monoisotopic (exact) mass is 208 g/mol. The summed E-state index contributed by atoms with van der Waals surface area (Å²) in [5.74, 6) is 0.616. The molecule has 15 heavy (non-hydrogen) atoms. The normalized spacial score (nSPS) is 20.6. The highest BCUT2D eigenvalue weighted by atomic mass is 16.5. The first-order valence-electron chi connectivity index (χ1n) is 4.83. The van der Waals surface area contributed by atoms with Gasteiger partial charge >= 0.3 is 0 Å². The van der Waals surface area contributed by atoms with Crippen molar-refractivity contribution in [3.05, 3.63) is 17.7 Å². The Morgan fingerprint density at radius 1 is 1.40 bits per heavy atom. The van der Waals surface area contributed by atoms with Crippen LogP contribution >= 0.6 is 0 Å². The molecule has 0 aromatic heterocycles. The fourth-order valence-corrected chi connectivity index (χ4v) is 1.22. The van der Waals surface area contributed by atoms with Gasteiger partial charge in [0.05, 0.1) is 0 Å². The van der Waals surface area contributed by atoms with E-state index in [2.05, 4.69) is 0 Å². The highest BCUT2D eigenvalue weighted by molar-refractivity contribution is 6.21. The first kappa shape index (κ1) is 11.6. The maximum atomic E-state index is 11.3. The van der Waals surface area contributed by atoms with Crippen LogP contribution in [0.25, 0.3) is 0 Å². The Labute approximate surface area is 87.6 Å². The zero-order valence-electron chi connectivity index (χ0n) is 8.49. The molecule has 0 saturated carbocycles. The van der Waals surface area contributed by atoms with E-state index in [0.29, 0.717) is 6.61 Å². The summed E-state index contributed by atoms with van der Waals surface area (Å²) >= 11 is 0. The van der Waals surface area contributed by atoms with Crippen molar-refractivity contribution in [3.63, 3.8) is 0 Å². The highest BCUT2D eigenvalue weighted by Gasteiger charge is 2.30. The Balaban J connectivity index is 2.75. The molecule has 0 aromatic carbocycles. The van der Waals surface area contributed by atoms with Gasteiger partial charge in [0.25, 0.3) is 0 Å². The zero-order valence-corrected chi connectivity index (χ0v) is 8.49. The number of ketones is 2. The Morgan fingerprint density at radius 2 is 2.13 bits per heavy atom. The smallest absolute Gasteiger partial charge is 0.196 e. The predicted octanol–water partition coefficient (Wildman–Crippen LogP) is 0.638. The topological polar surface area (TPSA) is 60.4 Å². The van der Waals surface area contributed by atoms with Crippen LogP contribution in [0.15, 0.2) is 17.7 Å². The van der Waals surface area contributed by atoms with E-state index in [1.807, 2.05) is 6.92 Å². The second kappa shape index (κ2) is 5.39. The summed E-state index contributed by atoms with van der Waals surface area (Å²) < 4.78 is 5.19. The van der Waals surface area contributed by atoms with E-state index in [1.165, 1.54) is 5.94 Å². The molecular weight excluding hydrogens is 196 g/mol. The maximum absolute atomic E-state index is 11.3. The molecule has 0 aromatic rings. The van der Waals surface area contributed by atoms with Crippen molar-refractivity contribution in [1.29, 1.82) is 0 Å². The van der Waals surface area contributed by atoms with Gasteiger partial charge in [-0.05, 0) is 18.6 Å². The number of hydrogen-bond acceptors (Lipinski definition) is 4. The molecule has 0 radical (unpaired) electrons. The van der Waals surface area contributed by atoms with Crippen molar-refractivity contribution < 1.29 is 19.1 Å². The van der Waals surface area contributed by atoms with Gasteiger partial charge in [-0.25, -0.2) is 4.79 Å². The van der Waals surface area contributed by atoms with Gasteiger partial charge in [0.15, 0.2) is 17.7 Å². The first-order valence-corrected chi connectivity index (χ1v) is 4.83. The molecule has 4 heteroatoms. The third kappa shape index (κ3) is 2.72. The van der Waals surface area contributed by atoms with Crippen LogP contribution in [0.5, 0.6) is 0 Å². The Morgan fingerprint density at radius 3 is 2.73 bits per heavy atom. The van der Waals surface area contributed by atoms with Crippen LogP contribution in [0.1, 0.15) is 19.8 Å². The maximum Gasteiger partial charge on any atom is 0.196 e.